The molecule has 0 saturated heterocycles. The fraction of sp³-hybridized carbons (Fsp3) is 0.286. The standard InChI is InChI=1S/C14H10F6N2OS/c1-22-11(23)6-10(14(18,19)20)21-12(22)24-7-8-3-2-4-9(5-8)13(15,16)17/h2-6H,7H2,1H3. The highest BCUT2D eigenvalue weighted by atomic mass is 32.2. The molecule has 1 aromatic heterocycles. The lowest BCUT2D eigenvalue weighted by Crippen LogP contribution is -2.23. The minimum atomic E-state index is -4.78. The lowest BCUT2D eigenvalue weighted by molar-refractivity contribution is -0.142. The van der Waals surface area contributed by atoms with Gasteiger partial charge < -0.3 is 0 Å². The number of hydrogen-bond acceptors (Lipinski definition) is 3. The molecule has 0 atom stereocenters. The van der Waals surface area contributed by atoms with Gasteiger partial charge in [0.2, 0.25) is 0 Å². The lowest BCUT2D eigenvalue weighted by Gasteiger charge is -2.12. The Balaban J connectivity index is 2.27. The summed E-state index contributed by atoms with van der Waals surface area (Å²) in [5.41, 5.74) is -2.84. The summed E-state index contributed by atoms with van der Waals surface area (Å²) in [5.74, 6) is -0.0640. The molecule has 0 fully saturated rings. The zero-order valence-corrected chi connectivity index (χ0v) is 12.9. The molecule has 1 heterocycles. The van der Waals surface area contributed by atoms with Gasteiger partial charge in [-0.25, -0.2) is 4.98 Å². The molecule has 0 aliphatic heterocycles. The molecule has 0 spiro atoms. The van der Waals surface area contributed by atoms with E-state index in [1.165, 1.54) is 19.2 Å². The van der Waals surface area contributed by atoms with Crippen LogP contribution in [0.1, 0.15) is 16.8 Å². The first-order valence-electron chi connectivity index (χ1n) is 6.42. The molecule has 0 radical (unpaired) electrons. The van der Waals surface area contributed by atoms with Gasteiger partial charge in [0.15, 0.2) is 10.9 Å². The van der Waals surface area contributed by atoms with Gasteiger partial charge in [0.1, 0.15) is 0 Å². The van der Waals surface area contributed by atoms with Gasteiger partial charge in [0.25, 0.3) is 5.56 Å². The van der Waals surface area contributed by atoms with Crippen molar-refractivity contribution in [2.24, 2.45) is 7.05 Å². The zero-order chi connectivity index (χ0) is 18.1. The third-order valence-electron chi connectivity index (χ3n) is 3.01. The Kier molecular flexibility index (Phi) is 4.97. The molecule has 10 heteroatoms. The smallest absolute Gasteiger partial charge is 0.291 e. The molecule has 0 N–H and O–H groups in total. The van der Waals surface area contributed by atoms with Crippen LogP contribution in [0.3, 0.4) is 0 Å². The average molecular weight is 368 g/mol. The van der Waals surface area contributed by atoms with Gasteiger partial charge in [-0.15, -0.1) is 0 Å². The van der Waals surface area contributed by atoms with E-state index < -0.39 is 29.2 Å². The van der Waals surface area contributed by atoms with Crippen LogP contribution in [0.15, 0.2) is 40.3 Å². The number of alkyl halides is 6. The largest absolute Gasteiger partial charge is 0.433 e. The minimum absolute atomic E-state index is 0.0640. The van der Waals surface area contributed by atoms with Crippen molar-refractivity contribution in [3.8, 4) is 0 Å². The van der Waals surface area contributed by atoms with Crippen molar-refractivity contribution in [1.82, 2.24) is 9.55 Å². The highest BCUT2D eigenvalue weighted by Crippen LogP contribution is 2.32. The summed E-state index contributed by atoms with van der Waals surface area (Å²) in [6.45, 7) is 0. The second kappa shape index (κ2) is 6.50. The molecule has 0 bridgehead atoms. The normalized spacial score (nSPS) is 12.5. The average Bonchev–Trinajstić information content (AvgIpc) is 2.47. The molecular formula is C14H10F6N2OS. The van der Waals surface area contributed by atoms with Crippen LogP contribution in [0, 0.1) is 0 Å². The number of nitrogens with zero attached hydrogens (tertiary/aromatic N) is 2. The first-order valence-corrected chi connectivity index (χ1v) is 7.41. The van der Waals surface area contributed by atoms with Gasteiger partial charge >= 0.3 is 12.4 Å². The van der Waals surface area contributed by atoms with E-state index in [1.807, 2.05) is 0 Å². The van der Waals surface area contributed by atoms with Gasteiger partial charge in [-0.05, 0) is 11.6 Å². The van der Waals surface area contributed by atoms with Crippen LogP contribution in [0.2, 0.25) is 0 Å². The highest BCUT2D eigenvalue weighted by molar-refractivity contribution is 7.98. The van der Waals surface area contributed by atoms with E-state index >= 15 is 0 Å². The number of thioether (sulfide) groups is 1. The Hall–Kier alpha value is -1.97. The molecule has 2 rings (SSSR count). The maximum absolute atomic E-state index is 12.7. The molecule has 130 valence electrons. The van der Waals surface area contributed by atoms with E-state index in [0.717, 1.165) is 28.5 Å². The molecule has 0 saturated carbocycles. The molecule has 0 unspecified atom stereocenters. The summed E-state index contributed by atoms with van der Waals surface area (Å²) in [6.07, 6.45) is -9.29. The maximum Gasteiger partial charge on any atom is 0.433 e. The second-order valence-electron chi connectivity index (χ2n) is 4.81. The van der Waals surface area contributed by atoms with Crippen LogP contribution >= 0.6 is 11.8 Å². The summed E-state index contributed by atoms with van der Waals surface area (Å²) in [7, 11) is 1.24. The van der Waals surface area contributed by atoms with Crippen LogP contribution in [0.4, 0.5) is 26.3 Å². The van der Waals surface area contributed by atoms with Gasteiger partial charge in [0.05, 0.1) is 5.56 Å². The SMILES string of the molecule is Cn1c(SCc2cccc(C(F)(F)F)c2)nc(C(F)(F)F)cc1=O. The topological polar surface area (TPSA) is 34.9 Å². The van der Waals surface area contributed by atoms with Gasteiger partial charge in [0, 0.05) is 18.9 Å². The molecule has 0 aliphatic carbocycles. The first-order chi connectivity index (χ1) is 11.0. The lowest BCUT2D eigenvalue weighted by atomic mass is 10.1. The number of halogens is 6. The number of hydrogen-bond donors (Lipinski definition) is 0. The van der Waals surface area contributed by atoms with Crippen molar-refractivity contribution < 1.29 is 26.3 Å². The molecule has 0 amide bonds. The van der Waals surface area contributed by atoms with Crippen molar-refractivity contribution in [1.29, 1.82) is 0 Å². The van der Waals surface area contributed by atoms with E-state index in [2.05, 4.69) is 4.98 Å². The van der Waals surface area contributed by atoms with Gasteiger partial charge in [-0.3, -0.25) is 9.36 Å². The van der Waals surface area contributed by atoms with Crippen molar-refractivity contribution in [2.75, 3.05) is 0 Å². The third kappa shape index (κ3) is 4.31. The first kappa shape index (κ1) is 18.4. The van der Waals surface area contributed by atoms with Gasteiger partial charge in [-0.1, -0.05) is 30.0 Å². The number of rotatable bonds is 3. The summed E-state index contributed by atoms with van der Waals surface area (Å²) >= 11 is 0.748. The molecule has 2 aromatic rings. The van der Waals surface area contributed by atoms with E-state index in [1.54, 1.807) is 0 Å². The Bertz CT molecular complexity index is 797. The Labute approximate surface area is 136 Å². The number of benzene rings is 1. The summed E-state index contributed by atoms with van der Waals surface area (Å²) < 4.78 is 76.9. The highest BCUT2D eigenvalue weighted by Gasteiger charge is 2.34. The van der Waals surface area contributed by atoms with Crippen LogP contribution < -0.4 is 5.56 Å². The monoisotopic (exact) mass is 368 g/mol. The Morgan fingerprint density at radius 1 is 1.08 bits per heavy atom. The van der Waals surface area contributed by atoms with E-state index in [4.69, 9.17) is 0 Å². The van der Waals surface area contributed by atoms with Crippen LogP contribution in [0.25, 0.3) is 0 Å². The van der Waals surface area contributed by atoms with E-state index in [9.17, 15) is 31.1 Å². The zero-order valence-electron chi connectivity index (χ0n) is 12.1. The molecule has 1 aromatic carbocycles. The molecular weight excluding hydrogens is 358 g/mol. The summed E-state index contributed by atoms with van der Waals surface area (Å²) in [6, 6.07) is 4.78. The Morgan fingerprint density at radius 3 is 2.33 bits per heavy atom. The van der Waals surface area contributed by atoms with E-state index in [0.29, 0.717) is 6.07 Å². The maximum atomic E-state index is 12.7. The molecule has 24 heavy (non-hydrogen) atoms. The summed E-state index contributed by atoms with van der Waals surface area (Å²) in [5, 5.41) is -0.229. The van der Waals surface area contributed by atoms with Crippen molar-refractivity contribution in [2.45, 2.75) is 23.3 Å². The molecule has 0 aliphatic rings. The molecule has 3 nitrogen and oxygen atoms in total. The predicted octanol–water partition coefficient (Wildman–Crippen LogP) is 4.11. The number of aromatic nitrogens is 2. The van der Waals surface area contributed by atoms with Gasteiger partial charge in [-0.2, -0.15) is 26.3 Å². The fourth-order valence-corrected chi connectivity index (χ4v) is 2.70. The quantitative estimate of drug-likeness (QED) is 0.465. The summed E-state index contributed by atoms with van der Waals surface area (Å²) in [4.78, 5) is 14.9. The fourth-order valence-electron chi connectivity index (χ4n) is 1.78. The Morgan fingerprint density at radius 2 is 1.75 bits per heavy atom. The minimum Gasteiger partial charge on any atom is -0.291 e. The van der Waals surface area contributed by atoms with Crippen molar-refractivity contribution in [3.05, 3.63) is 57.5 Å². The second-order valence-corrected chi connectivity index (χ2v) is 5.75. The van der Waals surface area contributed by atoms with Crippen LogP contribution in [0.5, 0.6) is 0 Å². The van der Waals surface area contributed by atoms with Crippen LogP contribution in [-0.2, 0) is 25.2 Å². The predicted molar refractivity (Wildman–Crippen MR) is 75.5 cm³/mol. The van der Waals surface area contributed by atoms with Crippen molar-refractivity contribution >= 4 is 11.8 Å². The third-order valence-corrected chi connectivity index (χ3v) is 4.11. The van der Waals surface area contributed by atoms with Crippen LogP contribution in [-0.4, -0.2) is 9.55 Å². The van der Waals surface area contributed by atoms with E-state index in [-0.39, 0.29) is 16.5 Å². The van der Waals surface area contributed by atoms with Crippen molar-refractivity contribution in [3.63, 3.8) is 0 Å².